The van der Waals surface area contributed by atoms with Crippen LogP contribution in [0.2, 0.25) is 0 Å². The van der Waals surface area contributed by atoms with Gasteiger partial charge in [-0.15, -0.1) is 0 Å². The Hall–Kier alpha value is -2.61. The van der Waals surface area contributed by atoms with Gasteiger partial charge in [0.05, 0.1) is 0 Å². The van der Waals surface area contributed by atoms with Crippen LogP contribution in [0.15, 0.2) is 66.7 Å². The molecule has 132 valence electrons. The van der Waals surface area contributed by atoms with Gasteiger partial charge in [0.15, 0.2) is 0 Å². The van der Waals surface area contributed by atoms with Crippen molar-refractivity contribution in [1.82, 2.24) is 9.78 Å². The monoisotopic (exact) mass is 416 g/mol. The van der Waals surface area contributed by atoms with Crippen molar-refractivity contribution in [3.8, 4) is 16.8 Å². The van der Waals surface area contributed by atoms with E-state index in [2.05, 4.69) is 92.2 Å². The zero-order valence-electron chi connectivity index (χ0n) is 15.7. The molecule has 0 fully saturated rings. The molecule has 0 unspecified atom stereocenters. The molecule has 2 heterocycles. The fourth-order valence-corrected chi connectivity index (χ4v) is 6.26. The number of hydrogen-bond donors (Lipinski definition) is 0. The van der Waals surface area contributed by atoms with Gasteiger partial charge in [0.1, 0.15) is 0 Å². The molecule has 0 aliphatic heterocycles. The topological polar surface area (TPSA) is 17.8 Å². The summed E-state index contributed by atoms with van der Waals surface area (Å²) in [4.78, 5) is 0. The van der Waals surface area contributed by atoms with Crippen molar-refractivity contribution < 1.29 is 0 Å². The molecular weight excluding hydrogens is 395 g/mol. The number of hydrogen-bond acceptors (Lipinski definition) is 1. The Morgan fingerprint density at radius 3 is 2.37 bits per heavy atom. The van der Waals surface area contributed by atoms with Gasteiger partial charge in [-0.2, -0.15) is 0 Å². The Morgan fingerprint density at radius 1 is 0.778 bits per heavy atom. The molecule has 0 saturated heterocycles. The quantitative estimate of drug-likeness (QED) is 0.332. The Kier molecular flexibility index (Phi) is 3.82. The summed E-state index contributed by atoms with van der Waals surface area (Å²) in [7, 11) is 0. The normalized spacial score (nSPS) is 11.5. The van der Waals surface area contributed by atoms with Gasteiger partial charge in [-0.05, 0) is 0 Å². The third kappa shape index (κ3) is 2.58. The van der Waals surface area contributed by atoms with Crippen LogP contribution >= 0.6 is 0 Å². The average molecular weight is 415 g/mol. The van der Waals surface area contributed by atoms with Crippen LogP contribution < -0.4 is 0 Å². The second-order valence-electron chi connectivity index (χ2n) is 7.05. The van der Waals surface area contributed by atoms with Gasteiger partial charge in [-0.3, -0.25) is 0 Å². The fraction of sp³-hybridized carbons (Fsp3) is 0.125. The number of aromatic nitrogens is 2. The van der Waals surface area contributed by atoms with E-state index in [1.165, 1.54) is 41.7 Å². The summed E-state index contributed by atoms with van der Waals surface area (Å²) in [6.45, 7) is 6.43. The molecule has 0 bridgehead atoms. The zero-order valence-corrected chi connectivity index (χ0v) is 17.4. The van der Waals surface area contributed by atoms with Crippen molar-refractivity contribution >= 4 is 33.8 Å². The minimum absolute atomic E-state index is 0.417. The molecule has 0 aliphatic rings. The van der Waals surface area contributed by atoms with E-state index in [-0.39, 0.29) is 0 Å². The summed E-state index contributed by atoms with van der Waals surface area (Å²) in [5.74, 6) is 0. The molecule has 0 spiro atoms. The van der Waals surface area contributed by atoms with Crippen LogP contribution in [-0.2, 0) is 0 Å². The van der Waals surface area contributed by atoms with Gasteiger partial charge in [0.2, 0.25) is 0 Å². The van der Waals surface area contributed by atoms with E-state index >= 15 is 0 Å². The predicted molar refractivity (Wildman–Crippen MR) is 115 cm³/mol. The summed E-state index contributed by atoms with van der Waals surface area (Å²) in [6, 6.07) is 24.2. The van der Waals surface area contributed by atoms with Crippen molar-refractivity contribution in [3.05, 3.63) is 83.7 Å². The maximum atomic E-state index is 4.88. The standard InChI is InChI=1S/C24H20N2Se/c1-15-8-4-6-10-21(15)26-17(3)24(16(2)25-26)18-12-13-23-20(14-18)19-9-5-7-11-22(19)27-23/h4-14H,1-3H3. The summed E-state index contributed by atoms with van der Waals surface area (Å²) >= 11 is 0.417. The summed E-state index contributed by atoms with van der Waals surface area (Å²) in [5.41, 5.74) is 7.17. The average Bonchev–Trinajstić information content (AvgIpc) is 3.18. The van der Waals surface area contributed by atoms with Gasteiger partial charge < -0.3 is 0 Å². The molecular formula is C24H20N2Se. The minimum atomic E-state index is 0.417. The van der Waals surface area contributed by atoms with Crippen molar-refractivity contribution in [2.45, 2.75) is 20.8 Å². The number of para-hydroxylation sites is 1. The first kappa shape index (κ1) is 16.6. The molecule has 3 aromatic carbocycles. The van der Waals surface area contributed by atoms with Crippen molar-refractivity contribution in [3.63, 3.8) is 0 Å². The number of nitrogens with zero attached hydrogens (tertiary/aromatic N) is 2. The molecule has 0 aliphatic carbocycles. The van der Waals surface area contributed by atoms with Crippen molar-refractivity contribution in [2.24, 2.45) is 0 Å². The fourth-order valence-electron chi connectivity index (χ4n) is 3.98. The van der Waals surface area contributed by atoms with Crippen LogP contribution in [0.5, 0.6) is 0 Å². The molecule has 2 nitrogen and oxygen atoms in total. The molecule has 0 atom stereocenters. The van der Waals surface area contributed by atoms with E-state index < -0.39 is 0 Å². The van der Waals surface area contributed by atoms with Gasteiger partial charge >= 0.3 is 165 Å². The number of fused-ring (bicyclic) bond motifs is 3. The first-order valence-electron chi connectivity index (χ1n) is 9.17. The van der Waals surface area contributed by atoms with Gasteiger partial charge in [0, 0.05) is 0 Å². The van der Waals surface area contributed by atoms with Crippen LogP contribution in [0.1, 0.15) is 17.0 Å². The van der Waals surface area contributed by atoms with Crippen LogP contribution in [0.3, 0.4) is 0 Å². The second kappa shape index (κ2) is 6.23. The molecule has 0 N–H and O–H groups in total. The Labute approximate surface area is 164 Å². The molecule has 27 heavy (non-hydrogen) atoms. The zero-order chi connectivity index (χ0) is 18.5. The third-order valence-electron chi connectivity index (χ3n) is 5.30. The Balaban J connectivity index is 1.73. The van der Waals surface area contributed by atoms with Crippen molar-refractivity contribution in [1.29, 1.82) is 0 Å². The van der Waals surface area contributed by atoms with Crippen LogP contribution in [0, 0.1) is 20.8 Å². The van der Waals surface area contributed by atoms with E-state index in [4.69, 9.17) is 5.10 Å². The van der Waals surface area contributed by atoms with Crippen LogP contribution in [0.4, 0.5) is 0 Å². The van der Waals surface area contributed by atoms with Gasteiger partial charge in [-0.25, -0.2) is 0 Å². The summed E-state index contributed by atoms with van der Waals surface area (Å²) in [5, 5.41) is 7.67. The number of aryl methyl sites for hydroxylation is 2. The molecule has 0 amide bonds. The molecule has 5 aromatic rings. The Bertz CT molecular complexity index is 1310. The maximum absolute atomic E-state index is 4.88. The summed E-state index contributed by atoms with van der Waals surface area (Å²) < 4.78 is 5.06. The molecule has 5 rings (SSSR count). The molecule has 2 aromatic heterocycles. The van der Waals surface area contributed by atoms with E-state index in [1.807, 2.05) is 0 Å². The second-order valence-corrected chi connectivity index (χ2v) is 9.33. The summed E-state index contributed by atoms with van der Waals surface area (Å²) in [6.07, 6.45) is 0. The van der Waals surface area contributed by atoms with E-state index in [0.717, 1.165) is 11.4 Å². The van der Waals surface area contributed by atoms with E-state index in [9.17, 15) is 0 Å². The van der Waals surface area contributed by atoms with E-state index in [0.29, 0.717) is 14.5 Å². The first-order chi connectivity index (χ1) is 13.1. The number of benzene rings is 3. The Morgan fingerprint density at radius 2 is 1.52 bits per heavy atom. The third-order valence-corrected chi connectivity index (χ3v) is 7.72. The molecule has 3 heteroatoms. The van der Waals surface area contributed by atoms with Crippen LogP contribution in [-0.4, -0.2) is 24.3 Å². The van der Waals surface area contributed by atoms with Gasteiger partial charge in [-0.1, -0.05) is 0 Å². The first-order valence-corrected chi connectivity index (χ1v) is 10.9. The van der Waals surface area contributed by atoms with Gasteiger partial charge in [0.25, 0.3) is 0 Å². The van der Waals surface area contributed by atoms with Crippen LogP contribution in [0.25, 0.3) is 36.1 Å². The predicted octanol–water partition coefficient (Wildman–Crippen LogP) is 5.83. The van der Waals surface area contributed by atoms with E-state index in [1.54, 1.807) is 0 Å². The SMILES string of the molecule is Cc1ccccc1-n1nc(C)c(-c2ccc3[se]c4ccccc4c3c2)c1C. The molecule has 0 saturated carbocycles. The number of rotatable bonds is 2. The van der Waals surface area contributed by atoms with Crippen molar-refractivity contribution in [2.75, 3.05) is 0 Å². The molecule has 0 radical (unpaired) electrons.